The molecule has 5 nitrogen and oxygen atoms in total. The van der Waals surface area contributed by atoms with E-state index in [1.165, 1.54) is 5.56 Å². The highest BCUT2D eigenvalue weighted by Gasteiger charge is 2.52. The SMILES string of the molecule is CCOC(=O)C1(c2ccc(-c3ccc(-c4onc(C)c4CN(C)CC(C)c4ccccc4)cc3)cc2)CC1. The summed E-state index contributed by atoms with van der Waals surface area (Å²) in [5.41, 5.74) is 7.25. The van der Waals surface area contributed by atoms with Gasteiger partial charge in [0, 0.05) is 24.2 Å². The number of hydrogen-bond donors (Lipinski definition) is 0. The molecule has 0 saturated heterocycles. The van der Waals surface area contributed by atoms with Crippen molar-refractivity contribution in [1.29, 1.82) is 0 Å². The number of esters is 1. The number of likely N-dealkylation sites (N-methyl/N-ethyl adjacent to an activating group) is 1. The molecule has 38 heavy (non-hydrogen) atoms. The van der Waals surface area contributed by atoms with Crippen LogP contribution in [-0.4, -0.2) is 36.2 Å². The second kappa shape index (κ2) is 11.0. The maximum atomic E-state index is 12.4. The van der Waals surface area contributed by atoms with Gasteiger partial charge in [-0.05, 0) is 61.9 Å². The monoisotopic (exact) mass is 508 g/mol. The fourth-order valence-corrected chi connectivity index (χ4v) is 5.29. The second-order valence-electron chi connectivity index (χ2n) is 10.5. The summed E-state index contributed by atoms with van der Waals surface area (Å²) in [6.45, 7) is 8.26. The average Bonchev–Trinajstić information content (AvgIpc) is 3.68. The smallest absolute Gasteiger partial charge is 0.316 e. The minimum atomic E-state index is -0.439. The molecule has 5 heteroatoms. The van der Waals surface area contributed by atoms with Crippen molar-refractivity contribution < 1.29 is 14.1 Å². The van der Waals surface area contributed by atoms with Gasteiger partial charge >= 0.3 is 5.97 Å². The van der Waals surface area contributed by atoms with E-state index < -0.39 is 5.41 Å². The van der Waals surface area contributed by atoms with Gasteiger partial charge in [-0.25, -0.2) is 0 Å². The van der Waals surface area contributed by atoms with Crippen molar-refractivity contribution in [3.05, 3.63) is 101 Å². The number of hydrogen-bond acceptors (Lipinski definition) is 5. The van der Waals surface area contributed by atoms with Crippen molar-refractivity contribution in [2.45, 2.75) is 51.5 Å². The molecule has 1 unspecified atom stereocenters. The van der Waals surface area contributed by atoms with Crippen LogP contribution in [0.25, 0.3) is 22.5 Å². The molecule has 196 valence electrons. The van der Waals surface area contributed by atoms with Crippen LogP contribution in [0.2, 0.25) is 0 Å². The van der Waals surface area contributed by atoms with E-state index in [1.807, 2.05) is 13.8 Å². The van der Waals surface area contributed by atoms with Crippen molar-refractivity contribution in [2.75, 3.05) is 20.2 Å². The van der Waals surface area contributed by atoms with Gasteiger partial charge < -0.3 is 14.2 Å². The number of nitrogens with zero attached hydrogens (tertiary/aromatic N) is 2. The number of carbonyl (C=O) groups is 1. The number of aromatic nitrogens is 1. The molecule has 1 saturated carbocycles. The van der Waals surface area contributed by atoms with Gasteiger partial charge in [-0.3, -0.25) is 4.79 Å². The summed E-state index contributed by atoms with van der Waals surface area (Å²) >= 11 is 0. The van der Waals surface area contributed by atoms with Crippen LogP contribution in [-0.2, 0) is 21.5 Å². The standard InChI is InChI=1S/C33H36N2O3/c1-5-37-32(36)33(19-20-33)29-17-15-27(16-18-29)26-11-13-28(14-12-26)31-30(24(3)34-38-31)22-35(4)21-23(2)25-9-7-6-8-10-25/h6-18,23H,5,19-22H2,1-4H3. The van der Waals surface area contributed by atoms with Crippen LogP contribution in [0.1, 0.15) is 55.0 Å². The normalized spacial score (nSPS) is 14.9. The van der Waals surface area contributed by atoms with E-state index in [9.17, 15) is 4.79 Å². The molecule has 5 rings (SSSR count). The minimum absolute atomic E-state index is 0.101. The molecule has 0 aliphatic heterocycles. The van der Waals surface area contributed by atoms with Gasteiger partial charge in [0.15, 0.2) is 5.76 Å². The molecular formula is C33H36N2O3. The quantitative estimate of drug-likeness (QED) is 0.213. The zero-order valence-corrected chi connectivity index (χ0v) is 22.7. The van der Waals surface area contributed by atoms with Crippen LogP contribution in [0, 0.1) is 6.92 Å². The van der Waals surface area contributed by atoms with Crippen LogP contribution in [0.15, 0.2) is 83.4 Å². The zero-order valence-electron chi connectivity index (χ0n) is 22.7. The van der Waals surface area contributed by atoms with E-state index >= 15 is 0 Å². The van der Waals surface area contributed by atoms with Crippen LogP contribution < -0.4 is 0 Å². The van der Waals surface area contributed by atoms with Gasteiger partial charge in [-0.2, -0.15) is 0 Å². The van der Waals surface area contributed by atoms with Gasteiger partial charge in [0.25, 0.3) is 0 Å². The number of carbonyl (C=O) groups excluding carboxylic acids is 1. The first-order valence-electron chi connectivity index (χ1n) is 13.5. The molecule has 0 radical (unpaired) electrons. The van der Waals surface area contributed by atoms with Gasteiger partial charge in [0.1, 0.15) is 0 Å². The molecule has 0 spiro atoms. The van der Waals surface area contributed by atoms with Crippen molar-refractivity contribution in [3.63, 3.8) is 0 Å². The Labute approximate surface area is 225 Å². The molecule has 1 atom stereocenters. The average molecular weight is 509 g/mol. The summed E-state index contributed by atoms with van der Waals surface area (Å²) < 4.78 is 11.1. The summed E-state index contributed by atoms with van der Waals surface area (Å²) in [6, 6.07) is 27.4. The number of ether oxygens (including phenoxy) is 1. The predicted molar refractivity (Wildman–Crippen MR) is 151 cm³/mol. The summed E-state index contributed by atoms with van der Waals surface area (Å²) in [5.74, 6) is 1.16. The van der Waals surface area contributed by atoms with Gasteiger partial charge in [0.05, 0.1) is 17.7 Å². The summed E-state index contributed by atoms with van der Waals surface area (Å²) in [4.78, 5) is 14.8. The van der Waals surface area contributed by atoms with E-state index in [2.05, 4.69) is 103 Å². The molecule has 0 bridgehead atoms. The molecule has 0 N–H and O–H groups in total. The first-order chi connectivity index (χ1) is 18.4. The molecule has 1 fully saturated rings. The second-order valence-corrected chi connectivity index (χ2v) is 10.5. The maximum absolute atomic E-state index is 12.4. The molecule has 1 heterocycles. The lowest BCUT2D eigenvalue weighted by Crippen LogP contribution is -2.23. The maximum Gasteiger partial charge on any atom is 0.316 e. The highest BCUT2D eigenvalue weighted by atomic mass is 16.5. The highest BCUT2D eigenvalue weighted by molar-refractivity contribution is 5.87. The van der Waals surface area contributed by atoms with E-state index in [1.54, 1.807) is 0 Å². The lowest BCUT2D eigenvalue weighted by molar-refractivity contribution is -0.146. The van der Waals surface area contributed by atoms with E-state index in [0.29, 0.717) is 12.5 Å². The fourth-order valence-electron chi connectivity index (χ4n) is 5.29. The van der Waals surface area contributed by atoms with Gasteiger partial charge in [-0.1, -0.05) is 90.9 Å². The molecule has 3 aromatic carbocycles. The third-order valence-corrected chi connectivity index (χ3v) is 7.70. The van der Waals surface area contributed by atoms with E-state index in [4.69, 9.17) is 9.26 Å². The van der Waals surface area contributed by atoms with Gasteiger partial charge in [-0.15, -0.1) is 0 Å². The van der Waals surface area contributed by atoms with Crippen molar-refractivity contribution >= 4 is 5.97 Å². The van der Waals surface area contributed by atoms with Crippen LogP contribution in [0.4, 0.5) is 0 Å². The lowest BCUT2D eigenvalue weighted by atomic mass is 9.93. The highest BCUT2D eigenvalue weighted by Crippen LogP contribution is 2.49. The van der Waals surface area contributed by atoms with Crippen molar-refractivity contribution in [3.8, 4) is 22.5 Å². The largest absolute Gasteiger partial charge is 0.465 e. The summed E-state index contributed by atoms with van der Waals surface area (Å²) in [6.07, 6.45) is 1.72. The third-order valence-electron chi connectivity index (χ3n) is 7.70. The molecule has 4 aromatic rings. The molecule has 1 aromatic heterocycles. The van der Waals surface area contributed by atoms with Crippen LogP contribution in [0.3, 0.4) is 0 Å². The Kier molecular flexibility index (Phi) is 7.48. The number of benzene rings is 3. The van der Waals surface area contributed by atoms with E-state index in [0.717, 1.165) is 65.2 Å². The fraction of sp³-hybridized carbons (Fsp3) is 0.333. The lowest BCUT2D eigenvalue weighted by Gasteiger charge is -2.21. The Balaban J connectivity index is 1.28. The van der Waals surface area contributed by atoms with Crippen molar-refractivity contribution in [1.82, 2.24) is 10.1 Å². The Morgan fingerprint density at radius 1 is 0.974 bits per heavy atom. The predicted octanol–water partition coefficient (Wildman–Crippen LogP) is 7.15. The van der Waals surface area contributed by atoms with Gasteiger partial charge in [0.2, 0.25) is 0 Å². The first-order valence-corrected chi connectivity index (χ1v) is 13.5. The summed E-state index contributed by atoms with van der Waals surface area (Å²) in [5, 5.41) is 4.29. The minimum Gasteiger partial charge on any atom is -0.465 e. The van der Waals surface area contributed by atoms with Crippen molar-refractivity contribution in [2.24, 2.45) is 0 Å². The third kappa shape index (κ3) is 5.30. The number of rotatable bonds is 10. The molecule has 0 amide bonds. The Bertz CT molecular complexity index is 1370. The molecule has 1 aliphatic rings. The first kappa shape index (κ1) is 25.9. The Hall–Kier alpha value is -3.70. The Morgan fingerprint density at radius 3 is 2.18 bits per heavy atom. The number of aryl methyl sites for hydroxylation is 1. The zero-order chi connectivity index (χ0) is 26.7. The van der Waals surface area contributed by atoms with Crippen LogP contribution in [0.5, 0.6) is 0 Å². The summed E-state index contributed by atoms with van der Waals surface area (Å²) in [7, 11) is 2.15. The van der Waals surface area contributed by atoms with E-state index in [-0.39, 0.29) is 5.97 Å². The van der Waals surface area contributed by atoms with Crippen LogP contribution >= 0.6 is 0 Å². The topological polar surface area (TPSA) is 55.6 Å². The molecule has 1 aliphatic carbocycles. The molecular weight excluding hydrogens is 472 g/mol. The Morgan fingerprint density at radius 2 is 1.58 bits per heavy atom.